The first-order valence-electron chi connectivity index (χ1n) is 11.1. The van der Waals surface area contributed by atoms with Crippen molar-refractivity contribution in [3.8, 4) is 11.5 Å². The van der Waals surface area contributed by atoms with Gasteiger partial charge in [-0.3, -0.25) is 9.69 Å². The Hall–Kier alpha value is -3.53. The number of thioether (sulfide) groups is 1. The normalized spacial score (nSPS) is 15.8. The van der Waals surface area contributed by atoms with Crippen LogP contribution in [-0.2, 0) is 21.4 Å². The molecule has 0 atom stereocenters. The molecule has 3 aromatic carbocycles. The molecule has 4 rings (SSSR count). The fourth-order valence-electron chi connectivity index (χ4n) is 3.41. The minimum absolute atomic E-state index is 0.0238. The summed E-state index contributed by atoms with van der Waals surface area (Å²) in [5, 5.41) is 0.448. The fourth-order valence-corrected chi connectivity index (χ4v) is 5.72. The summed E-state index contributed by atoms with van der Waals surface area (Å²) in [6, 6.07) is 20.7. The highest BCUT2D eigenvalue weighted by Crippen LogP contribution is 2.36. The zero-order valence-electron chi connectivity index (χ0n) is 19.8. The highest BCUT2D eigenvalue weighted by Gasteiger charge is 2.34. The van der Waals surface area contributed by atoms with Crippen molar-refractivity contribution in [2.75, 3.05) is 13.7 Å². The summed E-state index contributed by atoms with van der Waals surface area (Å²) in [6.45, 7) is 4.15. The minimum atomic E-state index is -4.06. The average Bonchev–Trinajstić information content (AvgIpc) is 3.17. The van der Waals surface area contributed by atoms with Gasteiger partial charge in [-0.1, -0.05) is 54.1 Å². The molecule has 0 N–H and O–H groups in total. The maximum absolute atomic E-state index is 13.1. The van der Waals surface area contributed by atoms with E-state index in [9.17, 15) is 13.2 Å². The van der Waals surface area contributed by atoms with Crippen LogP contribution < -0.4 is 9.47 Å². The molecule has 0 spiro atoms. The van der Waals surface area contributed by atoms with Crippen LogP contribution in [0.3, 0.4) is 0 Å². The Bertz CT molecular complexity index is 1470. The number of carbonyl (C=O) groups excluding carboxylic acids is 1. The number of amides is 1. The Balaban J connectivity index is 1.59. The molecule has 0 unspecified atom stereocenters. The van der Waals surface area contributed by atoms with Crippen LogP contribution >= 0.6 is 23.4 Å². The third-order valence-electron chi connectivity index (χ3n) is 5.23. The molecular weight excluding hydrogens is 532 g/mol. The van der Waals surface area contributed by atoms with E-state index in [1.807, 2.05) is 30.3 Å². The molecule has 3 aromatic rings. The largest absolute Gasteiger partial charge is 0.493 e. The summed E-state index contributed by atoms with van der Waals surface area (Å²) in [6.07, 6.45) is 3.16. The predicted octanol–water partition coefficient (Wildman–Crippen LogP) is 5.77. The second-order valence-corrected chi connectivity index (χ2v) is 10.9. The zero-order valence-corrected chi connectivity index (χ0v) is 22.2. The van der Waals surface area contributed by atoms with Gasteiger partial charge in [-0.15, -0.1) is 11.0 Å². The maximum atomic E-state index is 13.1. The Kier molecular flexibility index (Phi) is 8.38. The van der Waals surface area contributed by atoms with Crippen molar-refractivity contribution in [2.24, 2.45) is 4.40 Å². The Morgan fingerprint density at radius 1 is 1.05 bits per heavy atom. The van der Waals surface area contributed by atoms with E-state index in [0.717, 1.165) is 17.3 Å². The van der Waals surface area contributed by atoms with Crippen molar-refractivity contribution in [3.05, 3.63) is 107 Å². The van der Waals surface area contributed by atoms with Crippen molar-refractivity contribution in [1.82, 2.24) is 4.90 Å². The number of halogens is 1. The second-order valence-electron chi connectivity index (χ2n) is 7.80. The average molecular weight is 555 g/mol. The Labute approximate surface area is 225 Å². The third kappa shape index (κ3) is 6.43. The number of sulfonamides is 1. The molecule has 0 radical (unpaired) electrons. The summed E-state index contributed by atoms with van der Waals surface area (Å²) >= 11 is 6.84. The van der Waals surface area contributed by atoms with Gasteiger partial charge in [0.05, 0.1) is 16.9 Å². The van der Waals surface area contributed by atoms with Gasteiger partial charge >= 0.3 is 0 Å². The van der Waals surface area contributed by atoms with Crippen LogP contribution in [0.1, 0.15) is 11.1 Å². The molecule has 0 aromatic heterocycles. The molecule has 1 fully saturated rings. The van der Waals surface area contributed by atoms with Gasteiger partial charge in [-0.25, -0.2) is 0 Å². The molecule has 10 heteroatoms. The molecule has 1 heterocycles. The van der Waals surface area contributed by atoms with E-state index in [1.165, 1.54) is 42.4 Å². The molecule has 0 bridgehead atoms. The number of carbonyl (C=O) groups is 1. The number of rotatable bonds is 9. The minimum Gasteiger partial charge on any atom is -0.493 e. The summed E-state index contributed by atoms with van der Waals surface area (Å²) in [7, 11) is -2.52. The first-order chi connectivity index (χ1) is 17.8. The molecule has 0 aliphatic carbocycles. The maximum Gasteiger partial charge on any atom is 0.284 e. The van der Waals surface area contributed by atoms with E-state index in [4.69, 9.17) is 21.1 Å². The number of nitrogens with zero attached hydrogens (tertiary/aromatic N) is 2. The first-order valence-corrected chi connectivity index (χ1v) is 13.7. The Morgan fingerprint density at radius 2 is 1.78 bits per heavy atom. The summed E-state index contributed by atoms with van der Waals surface area (Å²) in [5.41, 5.74) is 1.70. The van der Waals surface area contributed by atoms with Gasteiger partial charge in [0, 0.05) is 11.6 Å². The summed E-state index contributed by atoms with van der Waals surface area (Å²) in [5.74, 6) is 0.685. The molecular formula is C27H23ClN2O5S2. The zero-order chi connectivity index (χ0) is 26.4. The summed E-state index contributed by atoms with van der Waals surface area (Å²) < 4.78 is 41.0. The predicted molar refractivity (Wildman–Crippen MR) is 147 cm³/mol. The lowest BCUT2D eigenvalue weighted by atomic mass is 10.1. The van der Waals surface area contributed by atoms with Gasteiger partial charge in [-0.05, 0) is 65.4 Å². The molecule has 0 saturated carbocycles. The van der Waals surface area contributed by atoms with E-state index in [0.29, 0.717) is 33.6 Å². The van der Waals surface area contributed by atoms with E-state index in [2.05, 4.69) is 11.0 Å². The van der Waals surface area contributed by atoms with E-state index in [-0.39, 0.29) is 22.5 Å². The van der Waals surface area contributed by atoms with Crippen molar-refractivity contribution in [2.45, 2.75) is 11.5 Å². The van der Waals surface area contributed by atoms with E-state index >= 15 is 0 Å². The highest BCUT2D eigenvalue weighted by molar-refractivity contribution is 8.19. The number of hydrogen-bond acceptors (Lipinski definition) is 6. The number of benzene rings is 3. The molecule has 1 saturated heterocycles. The van der Waals surface area contributed by atoms with Crippen LogP contribution in [0.5, 0.6) is 11.5 Å². The number of hydrogen-bond donors (Lipinski definition) is 0. The topological polar surface area (TPSA) is 85.3 Å². The molecule has 1 amide bonds. The van der Waals surface area contributed by atoms with Gasteiger partial charge in [0.15, 0.2) is 16.7 Å². The van der Waals surface area contributed by atoms with Gasteiger partial charge in [0.2, 0.25) is 0 Å². The molecule has 7 nitrogen and oxygen atoms in total. The Morgan fingerprint density at radius 3 is 2.46 bits per heavy atom. The second kappa shape index (κ2) is 11.7. The van der Waals surface area contributed by atoms with Crippen LogP contribution in [-0.4, -0.2) is 38.0 Å². The van der Waals surface area contributed by atoms with Crippen molar-refractivity contribution in [3.63, 3.8) is 0 Å². The molecule has 37 heavy (non-hydrogen) atoms. The van der Waals surface area contributed by atoms with Crippen LogP contribution in [0.2, 0.25) is 5.02 Å². The van der Waals surface area contributed by atoms with Crippen LogP contribution in [0, 0.1) is 0 Å². The first kappa shape index (κ1) is 26.5. The molecule has 190 valence electrons. The van der Waals surface area contributed by atoms with Crippen LogP contribution in [0.4, 0.5) is 0 Å². The SMILES string of the molecule is C=CCN1C(=O)/C(=C/c2ccc(OCc3ccccc3)c(OC)c2)S/C1=N/S(=O)(=O)c1ccc(Cl)cc1. The standard InChI is InChI=1S/C27H23ClN2O5S2/c1-3-15-30-26(31)25(36-27(30)29-37(32,33)22-12-10-21(28)11-13-22)17-20-9-14-23(24(16-20)34-2)35-18-19-7-5-4-6-8-19/h3-14,16-17H,1,15,18H2,2H3/b25-17-,29-27+. The highest BCUT2D eigenvalue weighted by atomic mass is 35.5. The van der Waals surface area contributed by atoms with Gasteiger partial charge in [-0.2, -0.15) is 8.42 Å². The van der Waals surface area contributed by atoms with Gasteiger partial charge < -0.3 is 9.47 Å². The third-order valence-corrected chi connectivity index (χ3v) is 7.89. The van der Waals surface area contributed by atoms with E-state index in [1.54, 1.807) is 24.3 Å². The van der Waals surface area contributed by atoms with Crippen molar-refractivity contribution in [1.29, 1.82) is 0 Å². The quantitative estimate of drug-likeness (QED) is 0.246. The van der Waals surface area contributed by atoms with E-state index < -0.39 is 10.0 Å². The number of amidine groups is 1. The lowest BCUT2D eigenvalue weighted by Gasteiger charge is -2.12. The van der Waals surface area contributed by atoms with Crippen molar-refractivity contribution < 1.29 is 22.7 Å². The lowest BCUT2D eigenvalue weighted by Crippen LogP contribution is -2.29. The smallest absolute Gasteiger partial charge is 0.284 e. The molecule has 1 aliphatic heterocycles. The number of methoxy groups -OCH3 is 1. The fraction of sp³-hybridized carbons (Fsp3) is 0.111. The van der Waals surface area contributed by atoms with Crippen molar-refractivity contribution >= 4 is 50.5 Å². The number of ether oxygens (including phenoxy) is 2. The van der Waals surface area contributed by atoms with Crippen LogP contribution in [0.25, 0.3) is 6.08 Å². The summed E-state index contributed by atoms with van der Waals surface area (Å²) in [4.78, 5) is 14.7. The van der Waals surface area contributed by atoms with Crippen LogP contribution in [0.15, 0.2) is 99.6 Å². The van der Waals surface area contributed by atoms with Gasteiger partial charge in [0.25, 0.3) is 15.9 Å². The monoisotopic (exact) mass is 554 g/mol. The van der Waals surface area contributed by atoms with Gasteiger partial charge in [0.1, 0.15) is 6.61 Å². The lowest BCUT2D eigenvalue weighted by molar-refractivity contribution is -0.121. The molecule has 1 aliphatic rings.